The van der Waals surface area contributed by atoms with Crippen molar-refractivity contribution < 1.29 is 23.9 Å². The van der Waals surface area contributed by atoms with E-state index in [-0.39, 0.29) is 23.9 Å². The third kappa shape index (κ3) is 6.77. The normalized spacial score (nSPS) is 13.3. The summed E-state index contributed by atoms with van der Waals surface area (Å²) in [6.45, 7) is 10.9. The number of nitrogens with zero attached hydrogens (tertiary/aromatic N) is 2. The lowest BCUT2D eigenvalue weighted by atomic mass is 10.2. The minimum Gasteiger partial charge on any atom is -0.461 e. The van der Waals surface area contributed by atoms with Crippen molar-refractivity contribution in [1.29, 1.82) is 0 Å². The largest absolute Gasteiger partial charge is 0.461 e. The summed E-state index contributed by atoms with van der Waals surface area (Å²) in [5, 5.41) is 9.89. The fourth-order valence-electron chi connectivity index (χ4n) is 2.25. The van der Waals surface area contributed by atoms with E-state index in [4.69, 9.17) is 9.47 Å². The van der Waals surface area contributed by atoms with Gasteiger partial charge in [0.15, 0.2) is 5.69 Å². The molecule has 2 amide bonds. The molecule has 2 heterocycles. The summed E-state index contributed by atoms with van der Waals surface area (Å²) in [4.78, 5) is 44.7. The van der Waals surface area contributed by atoms with Crippen molar-refractivity contribution in [3.8, 4) is 0 Å². The van der Waals surface area contributed by atoms with Crippen LogP contribution in [-0.2, 0) is 9.47 Å². The Balaban J connectivity index is 1.96. The van der Waals surface area contributed by atoms with Gasteiger partial charge in [0.25, 0.3) is 5.91 Å². The van der Waals surface area contributed by atoms with Crippen molar-refractivity contribution in [3.63, 3.8) is 0 Å². The smallest absolute Gasteiger partial charge is 0.408 e. The molecule has 0 aliphatic heterocycles. The Morgan fingerprint density at radius 1 is 1.00 bits per heavy atom. The van der Waals surface area contributed by atoms with Gasteiger partial charge in [-0.3, -0.25) is 4.79 Å². The number of ether oxygens (including phenoxy) is 2. The van der Waals surface area contributed by atoms with Crippen LogP contribution in [0.1, 0.15) is 84.6 Å². The van der Waals surface area contributed by atoms with Crippen LogP contribution < -0.4 is 10.6 Å². The zero-order chi connectivity index (χ0) is 22.5. The summed E-state index contributed by atoms with van der Waals surface area (Å²) in [7, 11) is 0. The molecule has 11 heteroatoms. The number of amides is 2. The second-order valence-electron chi connectivity index (χ2n) is 7.43. The molecule has 2 N–H and O–H groups in total. The van der Waals surface area contributed by atoms with Gasteiger partial charge in [0.05, 0.1) is 18.7 Å². The maximum atomic E-state index is 12.5. The molecule has 9 nitrogen and oxygen atoms in total. The molecule has 0 unspecified atom stereocenters. The van der Waals surface area contributed by atoms with Gasteiger partial charge in [-0.2, -0.15) is 0 Å². The van der Waals surface area contributed by atoms with Crippen molar-refractivity contribution in [2.24, 2.45) is 0 Å². The highest BCUT2D eigenvalue weighted by molar-refractivity contribution is 7.10. The SMILES string of the molecule is CCOC(=O)c1csc([C@H](C)NC(=O)c2csc([C@H](C)NC(=O)OC(C)(C)C)n2)n1. The Morgan fingerprint density at radius 2 is 1.53 bits per heavy atom. The average molecular weight is 455 g/mol. The summed E-state index contributed by atoms with van der Waals surface area (Å²) in [5.74, 6) is -0.864. The van der Waals surface area contributed by atoms with Crippen molar-refractivity contribution in [2.45, 2.75) is 59.2 Å². The van der Waals surface area contributed by atoms with Crippen LogP contribution in [0.4, 0.5) is 4.79 Å². The summed E-state index contributed by atoms with van der Waals surface area (Å²) in [5.41, 5.74) is -0.144. The number of carbonyl (C=O) groups excluding carboxylic acids is 3. The Bertz CT molecular complexity index is 903. The second kappa shape index (κ2) is 9.98. The molecule has 0 spiro atoms. The van der Waals surface area contributed by atoms with Crippen LogP contribution in [0.5, 0.6) is 0 Å². The maximum absolute atomic E-state index is 12.5. The number of alkyl carbamates (subject to hydrolysis) is 1. The lowest BCUT2D eigenvalue weighted by Gasteiger charge is -2.21. The zero-order valence-electron chi connectivity index (χ0n) is 17.8. The molecule has 0 aliphatic carbocycles. The molecule has 164 valence electrons. The molecule has 0 fully saturated rings. The van der Waals surface area contributed by atoms with Crippen molar-refractivity contribution in [2.75, 3.05) is 6.61 Å². The Kier molecular flexibility index (Phi) is 7.90. The van der Waals surface area contributed by atoms with Gasteiger partial charge in [-0.25, -0.2) is 19.6 Å². The van der Waals surface area contributed by atoms with Gasteiger partial charge < -0.3 is 20.1 Å². The summed E-state index contributed by atoms with van der Waals surface area (Å²) in [6, 6.07) is -0.817. The van der Waals surface area contributed by atoms with E-state index in [0.29, 0.717) is 10.0 Å². The number of nitrogens with one attached hydrogen (secondary N) is 2. The van der Waals surface area contributed by atoms with Gasteiger partial charge in [-0.05, 0) is 41.5 Å². The van der Waals surface area contributed by atoms with Crippen LogP contribution in [0, 0.1) is 0 Å². The summed E-state index contributed by atoms with van der Waals surface area (Å²) < 4.78 is 10.1. The molecule has 0 saturated carbocycles. The van der Waals surface area contributed by atoms with E-state index in [1.807, 2.05) is 0 Å². The van der Waals surface area contributed by atoms with Gasteiger partial charge in [0.1, 0.15) is 21.3 Å². The molecule has 0 bridgehead atoms. The molecule has 2 rings (SSSR count). The second-order valence-corrected chi connectivity index (χ2v) is 9.20. The fourth-order valence-corrected chi connectivity index (χ4v) is 3.86. The highest BCUT2D eigenvalue weighted by atomic mass is 32.1. The van der Waals surface area contributed by atoms with Gasteiger partial charge >= 0.3 is 12.1 Å². The molecule has 30 heavy (non-hydrogen) atoms. The standard InChI is InChI=1S/C19H26N4O5S2/c1-7-27-17(25)13-9-30-15(23-13)10(2)20-14(24)12-8-29-16(22-12)11(3)21-18(26)28-19(4,5)6/h8-11H,7H2,1-6H3,(H,20,24)(H,21,26)/t10-,11-/m0/s1. The van der Waals surface area contributed by atoms with Gasteiger partial charge in [0, 0.05) is 10.8 Å². The van der Waals surface area contributed by atoms with E-state index < -0.39 is 29.7 Å². The van der Waals surface area contributed by atoms with E-state index in [9.17, 15) is 14.4 Å². The molecule has 2 aromatic heterocycles. The first-order valence-corrected chi connectivity index (χ1v) is 11.1. The molecule has 0 saturated heterocycles. The van der Waals surface area contributed by atoms with Crippen molar-refractivity contribution >= 4 is 40.6 Å². The third-order valence-electron chi connectivity index (χ3n) is 3.58. The zero-order valence-corrected chi connectivity index (χ0v) is 19.4. The van der Waals surface area contributed by atoms with E-state index in [1.54, 1.807) is 52.3 Å². The topological polar surface area (TPSA) is 120 Å². The minimum absolute atomic E-state index is 0.218. The van der Waals surface area contributed by atoms with Gasteiger partial charge in [-0.1, -0.05) is 0 Å². The fraction of sp³-hybridized carbons (Fsp3) is 0.526. The first-order chi connectivity index (χ1) is 14.0. The monoisotopic (exact) mass is 454 g/mol. The first-order valence-electron chi connectivity index (χ1n) is 9.38. The number of hydrogen-bond acceptors (Lipinski definition) is 9. The van der Waals surface area contributed by atoms with Crippen LogP contribution >= 0.6 is 22.7 Å². The van der Waals surface area contributed by atoms with Gasteiger partial charge in [0.2, 0.25) is 0 Å². The van der Waals surface area contributed by atoms with E-state index in [1.165, 1.54) is 22.7 Å². The Labute approximate surface area is 183 Å². The lowest BCUT2D eigenvalue weighted by Crippen LogP contribution is -2.34. The lowest BCUT2D eigenvalue weighted by molar-refractivity contribution is 0.0501. The van der Waals surface area contributed by atoms with E-state index in [0.717, 1.165) is 0 Å². The van der Waals surface area contributed by atoms with Gasteiger partial charge in [-0.15, -0.1) is 22.7 Å². The number of thiazole rings is 2. The quantitative estimate of drug-likeness (QED) is 0.610. The highest BCUT2D eigenvalue weighted by Crippen LogP contribution is 2.21. The van der Waals surface area contributed by atoms with Crippen LogP contribution in [0.15, 0.2) is 10.8 Å². The number of carbonyl (C=O) groups is 3. The Morgan fingerprint density at radius 3 is 2.10 bits per heavy atom. The number of hydrogen-bond donors (Lipinski definition) is 2. The maximum Gasteiger partial charge on any atom is 0.408 e. The van der Waals surface area contributed by atoms with Crippen molar-refractivity contribution in [3.05, 3.63) is 32.2 Å². The van der Waals surface area contributed by atoms with Crippen molar-refractivity contribution in [1.82, 2.24) is 20.6 Å². The van der Waals surface area contributed by atoms with Crippen LogP contribution in [-0.4, -0.2) is 40.1 Å². The first kappa shape index (κ1) is 23.7. The molecule has 2 atom stereocenters. The molecular formula is C19H26N4O5S2. The van der Waals surface area contributed by atoms with E-state index >= 15 is 0 Å². The average Bonchev–Trinajstić information content (AvgIpc) is 3.30. The summed E-state index contributed by atoms with van der Waals surface area (Å²) in [6.07, 6.45) is -0.550. The Hall–Kier alpha value is -2.53. The molecule has 0 aliphatic rings. The predicted octanol–water partition coefficient (Wildman–Crippen LogP) is 3.85. The molecule has 2 aromatic rings. The number of esters is 1. The predicted molar refractivity (Wildman–Crippen MR) is 114 cm³/mol. The highest BCUT2D eigenvalue weighted by Gasteiger charge is 2.22. The molecule has 0 aromatic carbocycles. The third-order valence-corrected chi connectivity index (χ3v) is 5.64. The molecule has 0 radical (unpaired) electrons. The van der Waals surface area contributed by atoms with Crippen LogP contribution in [0.3, 0.4) is 0 Å². The van der Waals surface area contributed by atoms with Crippen LogP contribution in [0.25, 0.3) is 0 Å². The number of aromatic nitrogens is 2. The van der Waals surface area contributed by atoms with Crippen LogP contribution in [0.2, 0.25) is 0 Å². The molecular weight excluding hydrogens is 428 g/mol. The summed E-state index contributed by atoms with van der Waals surface area (Å²) >= 11 is 2.53. The van der Waals surface area contributed by atoms with E-state index in [2.05, 4.69) is 20.6 Å². The minimum atomic E-state index is -0.600. The number of rotatable bonds is 7.